The van der Waals surface area contributed by atoms with E-state index in [1.54, 1.807) is 12.1 Å². The third-order valence-corrected chi connectivity index (χ3v) is 3.12. The lowest BCUT2D eigenvalue weighted by molar-refractivity contribution is 0.0698. The minimum Gasteiger partial charge on any atom is -0.478 e. The van der Waals surface area contributed by atoms with Crippen LogP contribution in [0.4, 0.5) is 11.4 Å². The number of aromatic carboxylic acids is 1. The van der Waals surface area contributed by atoms with Crippen molar-refractivity contribution in [2.75, 3.05) is 11.1 Å². The van der Waals surface area contributed by atoms with Crippen molar-refractivity contribution >= 4 is 17.3 Å². The maximum absolute atomic E-state index is 11.0. The van der Waals surface area contributed by atoms with Gasteiger partial charge in [-0.2, -0.15) is 0 Å². The van der Waals surface area contributed by atoms with Crippen LogP contribution < -0.4 is 11.1 Å². The molecule has 2 aromatic rings. The van der Waals surface area contributed by atoms with Crippen LogP contribution >= 0.6 is 0 Å². The van der Waals surface area contributed by atoms with E-state index in [1.165, 1.54) is 11.6 Å². The van der Waals surface area contributed by atoms with Gasteiger partial charge in [-0.3, -0.25) is 0 Å². The summed E-state index contributed by atoms with van der Waals surface area (Å²) in [6, 6.07) is 15.3. The molecule has 2 aromatic carbocycles. The molecule has 0 amide bonds. The molecule has 0 radical (unpaired) electrons. The van der Waals surface area contributed by atoms with Crippen molar-refractivity contribution in [1.29, 1.82) is 0 Å². The summed E-state index contributed by atoms with van der Waals surface area (Å²) in [5.41, 5.74) is 8.17. The van der Waals surface area contributed by atoms with Crippen LogP contribution in [-0.4, -0.2) is 17.1 Å². The Labute approximate surface area is 118 Å². The van der Waals surface area contributed by atoms with Crippen molar-refractivity contribution < 1.29 is 9.90 Å². The lowest BCUT2D eigenvalue weighted by Crippen LogP contribution is -2.19. The third-order valence-electron chi connectivity index (χ3n) is 3.12. The van der Waals surface area contributed by atoms with E-state index in [1.807, 2.05) is 25.1 Å². The van der Waals surface area contributed by atoms with Crippen LogP contribution in [0.2, 0.25) is 0 Å². The largest absolute Gasteiger partial charge is 0.478 e. The van der Waals surface area contributed by atoms with E-state index in [4.69, 9.17) is 10.8 Å². The maximum atomic E-state index is 11.0. The quantitative estimate of drug-likeness (QED) is 0.730. The number of carboxylic acid groups (broad SMARTS) is 1. The number of rotatable bonds is 5. The van der Waals surface area contributed by atoms with Gasteiger partial charge in [0, 0.05) is 6.04 Å². The average molecular weight is 270 g/mol. The molecule has 4 heteroatoms. The Hall–Kier alpha value is -2.49. The average Bonchev–Trinajstić information content (AvgIpc) is 2.42. The third kappa shape index (κ3) is 3.29. The molecule has 1 unspecified atom stereocenters. The number of nitrogen functional groups attached to an aromatic ring is 1. The number of nitrogens with two attached hydrogens (primary N) is 1. The summed E-state index contributed by atoms with van der Waals surface area (Å²) < 4.78 is 0. The van der Waals surface area contributed by atoms with Gasteiger partial charge in [0.2, 0.25) is 0 Å². The predicted octanol–water partition coefficient (Wildman–Crippen LogP) is 3.01. The first-order chi connectivity index (χ1) is 9.58. The van der Waals surface area contributed by atoms with E-state index in [0.29, 0.717) is 5.69 Å². The number of carbonyl (C=O) groups is 1. The van der Waals surface area contributed by atoms with Crippen LogP contribution in [0.15, 0.2) is 48.5 Å². The molecule has 0 heterocycles. The number of para-hydroxylation sites is 1. The monoisotopic (exact) mass is 270 g/mol. The first-order valence-electron chi connectivity index (χ1n) is 6.50. The highest BCUT2D eigenvalue weighted by Crippen LogP contribution is 2.24. The zero-order chi connectivity index (χ0) is 14.5. The zero-order valence-corrected chi connectivity index (χ0v) is 11.3. The van der Waals surface area contributed by atoms with E-state index in [-0.39, 0.29) is 17.3 Å². The molecule has 0 aliphatic rings. The normalized spacial score (nSPS) is 11.8. The Morgan fingerprint density at radius 1 is 1.20 bits per heavy atom. The van der Waals surface area contributed by atoms with Gasteiger partial charge < -0.3 is 16.2 Å². The summed E-state index contributed by atoms with van der Waals surface area (Å²) >= 11 is 0. The molecular weight excluding hydrogens is 252 g/mol. The first-order valence-corrected chi connectivity index (χ1v) is 6.50. The maximum Gasteiger partial charge on any atom is 0.337 e. The van der Waals surface area contributed by atoms with Gasteiger partial charge in [0.25, 0.3) is 0 Å². The summed E-state index contributed by atoms with van der Waals surface area (Å²) in [6.07, 6.45) is 0.845. The van der Waals surface area contributed by atoms with Gasteiger partial charge in [0.05, 0.1) is 16.9 Å². The van der Waals surface area contributed by atoms with Crippen molar-refractivity contribution in [1.82, 2.24) is 0 Å². The molecule has 0 saturated carbocycles. The molecule has 104 valence electrons. The van der Waals surface area contributed by atoms with Gasteiger partial charge in [-0.1, -0.05) is 36.4 Å². The van der Waals surface area contributed by atoms with Crippen molar-refractivity contribution in [2.24, 2.45) is 0 Å². The van der Waals surface area contributed by atoms with Gasteiger partial charge in [-0.15, -0.1) is 0 Å². The lowest BCUT2D eigenvalue weighted by Gasteiger charge is -2.17. The Morgan fingerprint density at radius 2 is 1.90 bits per heavy atom. The molecule has 0 bridgehead atoms. The molecule has 4 N–H and O–H groups in total. The summed E-state index contributed by atoms with van der Waals surface area (Å²) in [5, 5.41) is 12.3. The highest BCUT2D eigenvalue weighted by atomic mass is 16.4. The molecule has 2 rings (SSSR count). The topological polar surface area (TPSA) is 75.3 Å². The highest BCUT2D eigenvalue weighted by Gasteiger charge is 2.12. The number of hydrogen-bond donors (Lipinski definition) is 3. The standard InChI is InChI=1S/C16H18N2O2/c1-11(10-12-6-3-2-4-7-12)18-14-9-5-8-13(15(14)17)16(19)20/h2-9,11,18H,10,17H2,1H3,(H,19,20). The van der Waals surface area contributed by atoms with Crippen LogP contribution in [0.1, 0.15) is 22.8 Å². The van der Waals surface area contributed by atoms with Gasteiger partial charge in [-0.25, -0.2) is 4.79 Å². The number of nitrogens with one attached hydrogen (secondary N) is 1. The van der Waals surface area contributed by atoms with E-state index in [2.05, 4.69) is 17.4 Å². The van der Waals surface area contributed by atoms with Gasteiger partial charge in [0.1, 0.15) is 0 Å². The van der Waals surface area contributed by atoms with Crippen molar-refractivity contribution in [2.45, 2.75) is 19.4 Å². The van der Waals surface area contributed by atoms with Crippen molar-refractivity contribution in [3.8, 4) is 0 Å². The fraction of sp³-hybridized carbons (Fsp3) is 0.188. The molecule has 0 spiro atoms. The molecule has 0 aliphatic carbocycles. The summed E-state index contributed by atoms with van der Waals surface area (Å²) in [5.74, 6) is -1.01. The van der Waals surface area contributed by atoms with Gasteiger partial charge >= 0.3 is 5.97 Å². The fourth-order valence-corrected chi connectivity index (χ4v) is 2.16. The Bertz CT molecular complexity index is 597. The molecule has 1 atom stereocenters. The smallest absolute Gasteiger partial charge is 0.337 e. The fourth-order valence-electron chi connectivity index (χ4n) is 2.16. The number of hydrogen-bond acceptors (Lipinski definition) is 3. The molecule has 0 fully saturated rings. The van der Waals surface area contributed by atoms with Crippen molar-refractivity contribution in [3.63, 3.8) is 0 Å². The number of anilines is 2. The van der Waals surface area contributed by atoms with Crippen LogP contribution in [0.5, 0.6) is 0 Å². The van der Waals surface area contributed by atoms with Crippen LogP contribution in [0.3, 0.4) is 0 Å². The molecule has 20 heavy (non-hydrogen) atoms. The Morgan fingerprint density at radius 3 is 2.55 bits per heavy atom. The Balaban J connectivity index is 2.10. The Kier molecular flexibility index (Phi) is 4.25. The number of benzene rings is 2. The lowest BCUT2D eigenvalue weighted by atomic mass is 10.1. The second-order valence-electron chi connectivity index (χ2n) is 4.81. The molecule has 0 aliphatic heterocycles. The molecule has 4 nitrogen and oxygen atoms in total. The first kappa shape index (κ1) is 13.9. The van der Waals surface area contributed by atoms with E-state index in [0.717, 1.165) is 6.42 Å². The minimum absolute atomic E-state index is 0.127. The van der Waals surface area contributed by atoms with Gasteiger partial charge in [-0.05, 0) is 31.0 Å². The second kappa shape index (κ2) is 6.10. The number of carboxylic acids is 1. The second-order valence-corrected chi connectivity index (χ2v) is 4.81. The van der Waals surface area contributed by atoms with Crippen LogP contribution in [-0.2, 0) is 6.42 Å². The van der Waals surface area contributed by atoms with Crippen molar-refractivity contribution in [3.05, 3.63) is 59.7 Å². The summed E-state index contributed by atoms with van der Waals surface area (Å²) in [7, 11) is 0. The van der Waals surface area contributed by atoms with Gasteiger partial charge in [0.15, 0.2) is 0 Å². The zero-order valence-electron chi connectivity index (χ0n) is 11.3. The van der Waals surface area contributed by atoms with Crippen LogP contribution in [0.25, 0.3) is 0 Å². The van der Waals surface area contributed by atoms with E-state index >= 15 is 0 Å². The van der Waals surface area contributed by atoms with E-state index < -0.39 is 5.97 Å². The minimum atomic E-state index is -1.01. The molecular formula is C16H18N2O2. The molecule has 0 aromatic heterocycles. The molecule has 0 saturated heterocycles. The highest BCUT2D eigenvalue weighted by molar-refractivity contribution is 5.97. The van der Waals surface area contributed by atoms with E-state index in [9.17, 15) is 4.79 Å². The summed E-state index contributed by atoms with van der Waals surface area (Å²) in [4.78, 5) is 11.0. The predicted molar refractivity (Wildman–Crippen MR) is 81.0 cm³/mol. The summed E-state index contributed by atoms with van der Waals surface area (Å²) in [6.45, 7) is 2.04. The SMILES string of the molecule is CC(Cc1ccccc1)Nc1cccc(C(=O)O)c1N. The van der Waals surface area contributed by atoms with Crippen LogP contribution in [0, 0.1) is 0 Å².